The van der Waals surface area contributed by atoms with Crippen LogP contribution in [0.4, 0.5) is 0 Å². The molecule has 1 atom stereocenters. The van der Waals surface area contributed by atoms with Crippen molar-refractivity contribution in [2.75, 3.05) is 7.11 Å². The summed E-state index contributed by atoms with van der Waals surface area (Å²) in [7, 11) is 1.89. The Balaban J connectivity index is 0.00000192. The van der Waals surface area contributed by atoms with Gasteiger partial charge in [0.1, 0.15) is 17.0 Å². The van der Waals surface area contributed by atoms with Crippen molar-refractivity contribution in [1.29, 1.82) is 0 Å². The number of benzene rings is 1. The molecular weight excluding hydrogens is 368 g/mol. The molecule has 2 nitrogen and oxygen atoms in total. The second-order valence-electron chi connectivity index (χ2n) is 8.28. The van der Waals surface area contributed by atoms with E-state index >= 15 is 0 Å². The molecule has 0 aliphatic rings. The molecule has 0 saturated heterocycles. The molecule has 1 aromatic rings. The molecule has 1 unspecified atom stereocenters. The lowest BCUT2D eigenvalue weighted by molar-refractivity contribution is -0.169. The largest absolute Gasteiger partial charge is 0.484 e. The number of allylic oxidation sites excluding steroid dienone is 1. The molecule has 1 rings (SSSR count). The highest BCUT2D eigenvalue weighted by molar-refractivity contribution is 5.23. The van der Waals surface area contributed by atoms with E-state index in [0.717, 1.165) is 44.3 Å². The molecule has 2 heteroatoms. The molecule has 0 spiro atoms. The molecule has 0 radical (unpaired) electrons. The zero-order valence-corrected chi connectivity index (χ0v) is 21.0. The molecule has 0 aromatic heterocycles. The van der Waals surface area contributed by atoms with E-state index in [0.29, 0.717) is 0 Å². The number of para-hydroxylation sites is 1. The molecule has 0 saturated carbocycles. The summed E-state index contributed by atoms with van der Waals surface area (Å²) >= 11 is 0. The minimum Gasteiger partial charge on any atom is -0.484 e. The SMILES string of the molecule is C=CCC.CCCCCCCCC(CCC)(OC)C(CC)(CC)Oc1ccccc1. The lowest BCUT2D eigenvalue weighted by Crippen LogP contribution is -2.58. The third kappa shape index (κ3) is 9.25. The maximum atomic E-state index is 6.68. The van der Waals surface area contributed by atoms with Gasteiger partial charge >= 0.3 is 0 Å². The Morgan fingerprint density at radius 2 is 1.33 bits per heavy atom. The van der Waals surface area contributed by atoms with E-state index < -0.39 is 0 Å². The van der Waals surface area contributed by atoms with Gasteiger partial charge in [-0.05, 0) is 44.2 Å². The molecule has 174 valence electrons. The molecule has 0 aliphatic heterocycles. The highest BCUT2D eigenvalue weighted by atomic mass is 16.6. The minimum atomic E-state index is -0.275. The van der Waals surface area contributed by atoms with E-state index in [1.165, 1.54) is 38.5 Å². The van der Waals surface area contributed by atoms with Gasteiger partial charge in [0.25, 0.3) is 0 Å². The average molecular weight is 419 g/mol. The van der Waals surface area contributed by atoms with Crippen LogP contribution in [0.2, 0.25) is 0 Å². The number of hydrogen-bond acceptors (Lipinski definition) is 2. The zero-order chi connectivity index (χ0) is 22.7. The number of hydrogen-bond donors (Lipinski definition) is 0. The van der Waals surface area contributed by atoms with Crippen molar-refractivity contribution < 1.29 is 9.47 Å². The van der Waals surface area contributed by atoms with Gasteiger partial charge in [-0.3, -0.25) is 0 Å². The molecule has 0 bridgehead atoms. The summed E-state index contributed by atoms with van der Waals surface area (Å²) in [5.41, 5.74) is -0.492. The van der Waals surface area contributed by atoms with Gasteiger partial charge < -0.3 is 9.47 Å². The maximum Gasteiger partial charge on any atom is 0.137 e. The Morgan fingerprint density at radius 1 is 0.767 bits per heavy atom. The topological polar surface area (TPSA) is 18.5 Å². The van der Waals surface area contributed by atoms with E-state index in [9.17, 15) is 0 Å². The van der Waals surface area contributed by atoms with Gasteiger partial charge in [0.05, 0.1) is 0 Å². The van der Waals surface area contributed by atoms with E-state index in [1.54, 1.807) is 0 Å². The molecule has 0 N–H and O–H groups in total. The molecule has 0 fully saturated rings. The molecule has 1 aromatic carbocycles. The van der Waals surface area contributed by atoms with Crippen LogP contribution in [0.15, 0.2) is 43.0 Å². The minimum absolute atomic E-state index is 0.216. The second-order valence-corrected chi connectivity index (χ2v) is 8.28. The normalized spacial score (nSPS) is 13.1. The highest BCUT2D eigenvalue weighted by Crippen LogP contribution is 2.43. The average Bonchev–Trinajstić information content (AvgIpc) is 2.80. The quantitative estimate of drug-likeness (QED) is 0.197. The number of unbranched alkanes of at least 4 members (excludes halogenated alkanes) is 5. The van der Waals surface area contributed by atoms with Gasteiger partial charge in [0, 0.05) is 7.11 Å². The number of methoxy groups -OCH3 is 1. The summed E-state index contributed by atoms with van der Waals surface area (Å²) in [5, 5.41) is 0. The van der Waals surface area contributed by atoms with Gasteiger partial charge in [-0.2, -0.15) is 0 Å². The Morgan fingerprint density at radius 3 is 1.80 bits per heavy atom. The molecule has 0 aliphatic carbocycles. The fraction of sp³-hybridized carbons (Fsp3) is 0.714. The van der Waals surface area contributed by atoms with Crippen molar-refractivity contribution in [3.8, 4) is 5.75 Å². The second kappa shape index (κ2) is 17.4. The Hall–Kier alpha value is -1.28. The van der Waals surface area contributed by atoms with Crippen LogP contribution in [0.1, 0.15) is 112 Å². The highest BCUT2D eigenvalue weighted by Gasteiger charge is 2.50. The van der Waals surface area contributed by atoms with Crippen LogP contribution in [0.5, 0.6) is 5.75 Å². The van der Waals surface area contributed by atoms with Gasteiger partial charge in [-0.15, -0.1) is 6.58 Å². The van der Waals surface area contributed by atoms with Gasteiger partial charge in [-0.25, -0.2) is 0 Å². The van der Waals surface area contributed by atoms with Crippen molar-refractivity contribution >= 4 is 0 Å². The summed E-state index contributed by atoms with van der Waals surface area (Å²) in [4.78, 5) is 0. The molecule has 0 heterocycles. The number of ether oxygens (including phenoxy) is 2. The van der Waals surface area contributed by atoms with Crippen LogP contribution in [-0.4, -0.2) is 18.3 Å². The smallest absolute Gasteiger partial charge is 0.137 e. The summed E-state index contributed by atoms with van der Waals surface area (Å²) in [6.45, 7) is 14.6. The van der Waals surface area contributed by atoms with E-state index in [4.69, 9.17) is 9.47 Å². The van der Waals surface area contributed by atoms with Crippen LogP contribution in [0, 0.1) is 0 Å². The van der Waals surface area contributed by atoms with Crippen molar-refractivity contribution in [2.24, 2.45) is 0 Å². The fourth-order valence-corrected chi connectivity index (χ4v) is 4.41. The first-order valence-corrected chi connectivity index (χ1v) is 12.4. The molecule has 0 amide bonds. The molecular formula is C28H50O2. The lowest BCUT2D eigenvalue weighted by atomic mass is 9.72. The fourth-order valence-electron chi connectivity index (χ4n) is 4.41. The van der Waals surface area contributed by atoms with Crippen molar-refractivity contribution in [2.45, 2.75) is 123 Å². The van der Waals surface area contributed by atoms with Crippen LogP contribution in [-0.2, 0) is 4.74 Å². The van der Waals surface area contributed by atoms with Crippen LogP contribution in [0.3, 0.4) is 0 Å². The summed E-state index contributed by atoms with van der Waals surface area (Å²) < 4.78 is 13.0. The third-order valence-electron chi connectivity index (χ3n) is 6.30. The first-order chi connectivity index (χ1) is 14.5. The van der Waals surface area contributed by atoms with Crippen molar-refractivity contribution in [1.82, 2.24) is 0 Å². The first-order valence-electron chi connectivity index (χ1n) is 12.4. The van der Waals surface area contributed by atoms with Crippen molar-refractivity contribution in [3.63, 3.8) is 0 Å². The van der Waals surface area contributed by atoms with Crippen LogP contribution < -0.4 is 4.74 Å². The lowest BCUT2D eigenvalue weighted by Gasteiger charge is -2.49. The van der Waals surface area contributed by atoms with E-state index in [-0.39, 0.29) is 11.2 Å². The van der Waals surface area contributed by atoms with Gasteiger partial charge in [-0.1, -0.05) is 104 Å². The first kappa shape index (κ1) is 28.7. The van der Waals surface area contributed by atoms with Gasteiger partial charge in [0.15, 0.2) is 0 Å². The zero-order valence-electron chi connectivity index (χ0n) is 21.0. The standard InChI is InChI=1S/C24H42O2.C4H8/c1-6-10-11-12-13-17-21-24(25-5,20-7-2)23(8-3,9-4)26-22-18-15-14-16-19-22;1-3-4-2/h14-16,18-19H,6-13,17,20-21H2,1-5H3;3H,1,4H2,2H3. The van der Waals surface area contributed by atoms with E-state index in [2.05, 4.69) is 53.3 Å². The molecule has 30 heavy (non-hydrogen) atoms. The predicted octanol–water partition coefficient (Wildman–Crippen LogP) is 9.14. The monoisotopic (exact) mass is 418 g/mol. The van der Waals surface area contributed by atoms with E-state index in [1.807, 2.05) is 31.4 Å². The summed E-state index contributed by atoms with van der Waals surface area (Å²) in [5.74, 6) is 0.955. The summed E-state index contributed by atoms with van der Waals surface area (Å²) in [6, 6.07) is 10.3. The van der Waals surface area contributed by atoms with Crippen LogP contribution >= 0.6 is 0 Å². The van der Waals surface area contributed by atoms with Crippen molar-refractivity contribution in [3.05, 3.63) is 43.0 Å². The summed E-state index contributed by atoms with van der Waals surface area (Å²) in [6.07, 6.45) is 16.0. The third-order valence-corrected chi connectivity index (χ3v) is 6.30. The van der Waals surface area contributed by atoms with Crippen LogP contribution in [0.25, 0.3) is 0 Å². The Kier molecular flexibility index (Phi) is 16.7. The predicted molar refractivity (Wildman–Crippen MR) is 134 cm³/mol. The maximum absolute atomic E-state index is 6.68. The Labute approximate surface area is 188 Å². The Bertz CT molecular complexity index is 507. The van der Waals surface area contributed by atoms with Gasteiger partial charge in [0.2, 0.25) is 0 Å². The number of rotatable bonds is 16.